The van der Waals surface area contributed by atoms with E-state index >= 15 is 0 Å². The first kappa shape index (κ1) is 52.9. The van der Waals surface area contributed by atoms with Gasteiger partial charge < -0.3 is 18.7 Å². The van der Waals surface area contributed by atoms with Crippen LogP contribution in [-0.2, 0) is 23.9 Å². The molecule has 2 aromatic heterocycles. The van der Waals surface area contributed by atoms with Gasteiger partial charge in [-0.3, -0.25) is 19.2 Å². The number of esters is 1. The molecule has 0 bridgehead atoms. The Bertz CT molecular complexity index is 1300. The van der Waals surface area contributed by atoms with E-state index in [-0.39, 0.29) is 22.9 Å². The highest BCUT2D eigenvalue weighted by Gasteiger charge is 2.36. The summed E-state index contributed by atoms with van der Waals surface area (Å²) in [6.45, 7) is 13.6. The molecular weight excluding hydrogens is 796 g/mol. The lowest BCUT2D eigenvalue weighted by atomic mass is 10.1. The molecule has 1 N–H and O–H groups in total. The zero-order chi connectivity index (χ0) is 42.5. The molecule has 0 atom stereocenters. The van der Waals surface area contributed by atoms with E-state index in [0.717, 1.165) is 135 Å². The minimum Gasteiger partial charge on any atom is -0.481 e. The average molecular weight is 872 g/mol. The van der Waals surface area contributed by atoms with Gasteiger partial charge in [0.15, 0.2) is 6.10 Å². The van der Waals surface area contributed by atoms with Gasteiger partial charge in [-0.1, -0.05) is 155 Å². The summed E-state index contributed by atoms with van der Waals surface area (Å²) >= 11 is 10.4. The lowest BCUT2D eigenvalue weighted by Crippen LogP contribution is -2.45. The summed E-state index contributed by atoms with van der Waals surface area (Å²) < 4.78 is 18.6. The van der Waals surface area contributed by atoms with Crippen LogP contribution in [-0.4, -0.2) is 43.7 Å². The van der Waals surface area contributed by atoms with Gasteiger partial charge in [-0.2, -0.15) is 0 Å². The molecule has 0 amide bonds. The SMILES string of the molecule is CC[Si](CC)(CC)c1cc(C(OC(=O)CCCCCCCCCCC(=O)O)c2coc([Si](CC)(CC)CC)c2)co1.O=C(Cl)CCCCCCCCCCC(=O)Cl. The summed E-state index contributed by atoms with van der Waals surface area (Å²) in [6, 6.07) is 11.1. The molecular formula is C45H76Cl2O8Si2. The Balaban J connectivity index is 0.000000852. The predicted octanol–water partition coefficient (Wildman–Crippen LogP) is 13.3. The Morgan fingerprint density at radius 2 is 0.825 bits per heavy atom. The van der Waals surface area contributed by atoms with Crippen molar-refractivity contribution in [2.45, 2.75) is 212 Å². The number of carbonyl (C=O) groups is 4. The van der Waals surface area contributed by atoms with Crippen molar-refractivity contribution < 1.29 is 37.9 Å². The van der Waals surface area contributed by atoms with Crippen LogP contribution < -0.4 is 10.8 Å². The second-order valence-corrected chi connectivity index (χ2v) is 27.0. The maximum atomic E-state index is 13.1. The molecule has 57 heavy (non-hydrogen) atoms. The number of furan rings is 2. The van der Waals surface area contributed by atoms with E-state index in [0.29, 0.717) is 19.3 Å². The van der Waals surface area contributed by atoms with Crippen LogP contribution in [0.2, 0.25) is 36.3 Å². The lowest BCUT2D eigenvalue weighted by Gasteiger charge is -2.25. The van der Waals surface area contributed by atoms with Gasteiger partial charge in [0, 0.05) is 36.8 Å². The standard InChI is InChI=1S/C33H56O6Si2.C12H20Cl2O2/c1-7-40(8-2,9-3)31-23-27(25-37-31)33(28-24-32(38-26-28)41(10-4,11-5)12-6)39-30(36)22-20-18-16-14-13-15-17-19-21-29(34)35;13-11(15)9-7-5-3-1-2-4-6-8-10-12(14)16/h23-26,33H,7-22H2,1-6H3,(H,34,35);1-10H2. The molecule has 2 rings (SSSR count). The molecule has 0 spiro atoms. The summed E-state index contributed by atoms with van der Waals surface area (Å²) in [5.41, 5.74) is 1.82. The fraction of sp³-hybridized carbons (Fsp3) is 0.733. The van der Waals surface area contributed by atoms with E-state index in [4.69, 9.17) is 41.9 Å². The van der Waals surface area contributed by atoms with E-state index < -0.39 is 28.2 Å². The normalized spacial score (nSPS) is 11.7. The van der Waals surface area contributed by atoms with E-state index in [9.17, 15) is 19.2 Å². The maximum absolute atomic E-state index is 13.1. The van der Waals surface area contributed by atoms with Crippen molar-refractivity contribution >= 4 is 72.5 Å². The van der Waals surface area contributed by atoms with Gasteiger partial charge in [-0.05, 0) is 61.0 Å². The van der Waals surface area contributed by atoms with Crippen LogP contribution >= 0.6 is 23.2 Å². The summed E-state index contributed by atoms with van der Waals surface area (Å²) in [4.78, 5) is 44.6. The second-order valence-electron chi connectivity index (χ2n) is 15.8. The number of rotatable bonds is 33. The topological polar surface area (TPSA) is 124 Å². The second kappa shape index (κ2) is 30.8. The quantitative estimate of drug-likeness (QED) is 0.0325. The molecule has 8 nitrogen and oxygen atoms in total. The maximum Gasteiger partial charge on any atom is 0.306 e. The summed E-state index contributed by atoms with van der Waals surface area (Å²) in [5, 5.41) is 10.5. The van der Waals surface area contributed by atoms with Crippen LogP contribution in [0.1, 0.15) is 187 Å². The van der Waals surface area contributed by atoms with Crippen LogP contribution in [0.25, 0.3) is 0 Å². The third kappa shape index (κ3) is 20.6. The van der Waals surface area contributed by atoms with Gasteiger partial charge in [0.2, 0.25) is 10.5 Å². The van der Waals surface area contributed by atoms with Gasteiger partial charge in [0.1, 0.15) is 16.1 Å². The molecule has 0 saturated carbocycles. The molecule has 0 aliphatic heterocycles. The number of carboxylic acid groups (broad SMARTS) is 1. The number of unbranched alkanes of at least 4 members (excludes halogenated alkanes) is 14. The predicted molar refractivity (Wildman–Crippen MR) is 241 cm³/mol. The number of carboxylic acids is 1. The molecule has 2 aromatic rings. The first-order chi connectivity index (χ1) is 27.4. The third-order valence-electron chi connectivity index (χ3n) is 12.2. The molecule has 0 aliphatic rings. The Morgan fingerprint density at radius 1 is 0.526 bits per heavy atom. The number of hydrogen-bond donors (Lipinski definition) is 1. The molecule has 0 radical (unpaired) electrons. The summed E-state index contributed by atoms with van der Waals surface area (Å²) in [5.74, 6) is -0.889. The summed E-state index contributed by atoms with van der Waals surface area (Å²) in [7, 11) is -3.40. The van der Waals surface area contributed by atoms with Crippen LogP contribution in [0.3, 0.4) is 0 Å². The molecule has 0 saturated heterocycles. The first-order valence-corrected chi connectivity index (χ1v) is 28.3. The fourth-order valence-electron chi connectivity index (χ4n) is 7.79. The van der Waals surface area contributed by atoms with Crippen LogP contribution in [0.4, 0.5) is 0 Å². The highest BCUT2D eigenvalue weighted by Crippen LogP contribution is 2.31. The van der Waals surface area contributed by atoms with Crippen molar-refractivity contribution in [2.24, 2.45) is 0 Å². The Kier molecular flexibility index (Phi) is 28.6. The molecule has 12 heteroatoms. The van der Waals surface area contributed by atoms with Crippen molar-refractivity contribution in [1.29, 1.82) is 0 Å². The largest absolute Gasteiger partial charge is 0.481 e. The zero-order valence-electron chi connectivity index (χ0n) is 36.3. The van der Waals surface area contributed by atoms with Crippen molar-refractivity contribution in [3.05, 3.63) is 35.8 Å². The lowest BCUT2D eigenvalue weighted by molar-refractivity contribution is -0.147. The van der Waals surface area contributed by atoms with E-state index in [1.165, 1.54) is 25.7 Å². The van der Waals surface area contributed by atoms with Crippen LogP contribution in [0.5, 0.6) is 0 Å². The molecule has 0 fully saturated rings. The van der Waals surface area contributed by atoms with Crippen molar-refractivity contribution in [1.82, 2.24) is 0 Å². The molecule has 2 heterocycles. The van der Waals surface area contributed by atoms with E-state index in [2.05, 4.69) is 53.7 Å². The van der Waals surface area contributed by atoms with E-state index in [1.54, 1.807) is 0 Å². The van der Waals surface area contributed by atoms with Gasteiger partial charge in [-0.15, -0.1) is 0 Å². The highest BCUT2D eigenvalue weighted by molar-refractivity contribution is 6.91. The minimum atomic E-state index is -1.70. The Hall–Kier alpha value is -2.15. The molecule has 326 valence electrons. The van der Waals surface area contributed by atoms with Crippen molar-refractivity contribution in [2.75, 3.05) is 0 Å². The number of halogens is 2. The molecule has 0 aromatic carbocycles. The smallest absolute Gasteiger partial charge is 0.306 e. The van der Waals surface area contributed by atoms with Crippen LogP contribution in [0, 0.1) is 0 Å². The van der Waals surface area contributed by atoms with Crippen molar-refractivity contribution in [3.8, 4) is 0 Å². The monoisotopic (exact) mass is 870 g/mol. The van der Waals surface area contributed by atoms with E-state index in [1.807, 2.05) is 12.5 Å². The molecule has 0 unspecified atom stereocenters. The highest BCUT2D eigenvalue weighted by atomic mass is 35.5. The van der Waals surface area contributed by atoms with Gasteiger partial charge in [0.25, 0.3) is 0 Å². The zero-order valence-corrected chi connectivity index (χ0v) is 39.8. The van der Waals surface area contributed by atoms with Gasteiger partial charge >= 0.3 is 11.9 Å². The Morgan fingerprint density at radius 3 is 1.12 bits per heavy atom. The Labute approximate surface area is 357 Å². The third-order valence-corrected chi connectivity index (χ3v) is 23.3. The minimum absolute atomic E-state index is 0.177. The van der Waals surface area contributed by atoms with Gasteiger partial charge in [0.05, 0.1) is 23.3 Å². The fourth-order valence-corrected chi connectivity index (χ4v) is 14.7. The number of aliphatic carboxylic acids is 1. The number of ether oxygens (including phenoxy) is 1. The number of carbonyl (C=O) groups excluding carboxylic acids is 3. The number of hydrogen-bond acceptors (Lipinski definition) is 7. The first-order valence-electron chi connectivity index (χ1n) is 22.3. The summed E-state index contributed by atoms with van der Waals surface area (Å²) in [6.07, 6.45) is 21.4. The van der Waals surface area contributed by atoms with Gasteiger partial charge in [-0.25, -0.2) is 0 Å². The molecule has 0 aliphatic carbocycles. The van der Waals surface area contributed by atoms with Crippen LogP contribution in [0.15, 0.2) is 33.5 Å². The van der Waals surface area contributed by atoms with Crippen molar-refractivity contribution in [3.63, 3.8) is 0 Å². The average Bonchev–Trinajstić information content (AvgIpc) is 3.89.